The van der Waals surface area contributed by atoms with Crippen LogP contribution in [0.2, 0.25) is 0 Å². The Balaban J connectivity index is 2.16. The molecule has 0 aromatic heterocycles. The number of ether oxygens (including phenoxy) is 1. The smallest absolute Gasteiger partial charge is 0.416 e. The number of aliphatic carboxylic acids is 1. The Hall–Kier alpha value is -2.15. The summed E-state index contributed by atoms with van der Waals surface area (Å²) in [7, 11) is 0. The normalized spacial score (nSPS) is 27.4. The molecule has 2 rings (SSSR count). The van der Waals surface area contributed by atoms with E-state index >= 15 is 0 Å². The Morgan fingerprint density at radius 1 is 1.32 bits per heavy atom. The quantitative estimate of drug-likeness (QED) is 0.661. The van der Waals surface area contributed by atoms with Crippen LogP contribution in [-0.2, 0) is 26.9 Å². The summed E-state index contributed by atoms with van der Waals surface area (Å²) in [6.07, 6.45) is -5.41. The van der Waals surface area contributed by atoms with Crippen molar-refractivity contribution in [3.63, 3.8) is 0 Å². The van der Waals surface area contributed by atoms with E-state index in [0.29, 0.717) is 5.56 Å². The van der Waals surface area contributed by atoms with Crippen LogP contribution < -0.4 is 0 Å². The lowest BCUT2D eigenvalue weighted by atomic mass is 9.72. The first kappa shape index (κ1) is 19.2. The number of aryl methyl sites for hydroxylation is 1. The summed E-state index contributed by atoms with van der Waals surface area (Å²) < 4.78 is 43.4. The number of hydrogen-bond donors (Lipinski definition) is 1. The summed E-state index contributed by atoms with van der Waals surface area (Å²) in [5.74, 6) is -1.88. The minimum Gasteiger partial charge on any atom is -0.480 e. The third kappa shape index (κ3) is 3.61. The van der Waals surface area contributed by atoms with Crippen LogP contribution in [0.5, 0.6) is 0 Å². The summed E-state index contributed by atoms with van der Waals surface area (Å²) in [5, 5.41) is 9.50. The number of Topliss-reactive ketones (excluding diaryl/α,β-unsaturated/α-hetero) is 1. The fraction of sp³-hybridized carbons (Fsp3) is 0.444. The van der Waals surface area contributed by atoms with Crippen molar-refractivity contribution in [1.29, 1.82) is 0 Å². The molecule has 3 atom stereocenters. The number of benzene rings is 1. The average molecular weight is 356 g/mol. The highest BCUT2D eigenvalue weighted by atomic mass is 19.4. The van der Waals surface area contributed by atoms with Crippen molar-refractivity contribution in [1.82, 2.24) is 0 Å². The second kappa shape index (κ2) is 6.63. The van der Waals surface area contributed by atoms with Gasteiger partial charge in [-0.05, 0) is 44.4 Å². The first-order chi connectivity index (χ1) is 11.5. The number of carboxylic acids is 1. The lowest BCUT2D eigenvalue weighted by molar-refractivity contribution is -0.172. The molecule has 1 fully saturated rings. The van der Waals surface area contributed by atoms with E-state index in [4.69, 9.17) is 4.74 Å². The van der Waals surface area contributed by atoms with Gasteiger partial charge in [-0.2, -0.15) is 13.2 Å². The Morgan fingerprint density at radius 2 is 1.88 bits per heavy atom. The molecule has 7 heteroatoms. The molecule has 1 aliphatic heterocycles. The van der Waals surface area contributed by atoms with Gasteiger partial charge >= 0.3 is 12.1 Å². The molecule has 25 heavy (non-hydrogen) atoms. The molecule has 0 radical (unpaired) electrons. The minimum atomic E-state index is -4.41. The second-order valence-corrected chi connectivity index (χ2v) is 6.36. The van der Waals surface area contributed by atoms with E-state index in [2.05, 4.69) is 6.58 Å². The molecule has 136 valence electrons. The molecule has 0 spiro atoms. The van der Waals surface area contributed by atoms with Gasteiger partial charge in [0.25, 0.3) is 0 Å². The molecule has 0 aliphatic carbocycles. The summed E-state index contributed by atoms with van der Waals surface area (Å²) >= 11 is 0. The number of ketones is 1. The Bertz CT molecular complexity index is 693. The Morgan fingerprint density at radius 3 is 2.36 bits per heavy atom. The van der Waals surface area contributed by atoms with Crippen LogP contribution >= 0.6 is 0 Å². The van der Waals surface area contributed by atoms with Gasteiger partial charge in [0.05, 0.1) is 17.8 Å². The van der Waals surface area contributed by atoms with Gasteiger partial charge < -0.3 is 9.84 Å². The first-order valence-corrected chi connectivity index (χ1v) is 7.76. The molecule has 4 nitrogen and oxygen atoms in total. The lowest BCUT2D eigenvalue weighted by Crippen LogP contribution is -2.54. The zero-order chi connectivity index (χ0) is 19.0. The molecule has 0 bridgehead atoms. The minimum absolute atomic E-state index is 0.107. The number of carbonyl (C=O) groups is 2. The first-order valence-electron chi connectivity index (χ1n) is 7.76. The summed E-state index contributed by atoms with van der Waals surface area (Å²) in [5.41, 5.74) is -1.79. The molecule has 1 aromatic carbocycles. The van der Waals surface area contributed by atoms with E-state index in [1.165, 1.54) is 19.1 Å². The third-order valence-corrected chi connectivity index (χ3v) is 4.69. The number of carbonyl (C=O) groups excluding carboxylic acids is 1. The highest BCUT2D eigenvalue weighted by molar-refractivity contribution is 6.12. The Kier molecular flexibility index (Phi) is 5.09. The summed E-state index contributed by atoms with van der Waals surface area (Å²) in [6.45, 7) is 6.51. The van der Waals surface area contributed by atoms with Gasteiger partial charge in [0.1, 0.15) is 0 Å². The molecular weight excluding hydrogens is 337 g/mol. The molecule has 0 saturated carbocycles. The molecule has 0 amide bonds. The fourth-order valence-corrected chi connectivity index (χ4v) is 2.88. The van der Waals surface area contributed by atoms with Crippen molar-refractivity contribution in [3.8, 4) is 0 Å². The fourth-order valence-electron chi connectivity index (χ4n) is 2.88. The monoisotopic (exact) mass is 356 g/mol. The molecule has 0 unspecified atom stereocenters. The van der Waals surface area contributed by atoms with Crippen molar-refractivity contribution in [3.05, 3.63) is 47.5 Å². The highest BCUT2D eigenvalue weighted by Gasteiger charge is 2.53. The van der Waals surface area contributed by atoms with Crippen LogP contribution in [0.4, 0.5) is 13.2 Å². The number of alkyl halides is 3. The van der Waals surface area contributed by atoms with Crippen LogP contribution in [-0.4, -0.2) is 29.1 Å². The van der Waals surface area contributed by atoms with Gasteiger partial charge in [0.15, 0.2) is 11.2 Å². The molecule has 1 heterocycles. The van der Waals surface area contributed by atoms with Crippen LogP contribution in [0.15, 0.2) is 36.4 Å². The standard InChI is InChI=1S/C18H19F3O4/c1-10-11(2)25-14(17(3,15(10)22)16(23)24)9-6-12-4-7-13(8-5-12)18(19,20)21/h4-5,7-8,11,14H,1,6,9H2,2-3H3,(H,23,24)/t11-,14+,17-/m1/s1. The molecule has 1 aliphatic rings. The SMILES string of the molecule is C=C1C(=O)[C@](C)(C(=O)O)[C@H](CCc2ccc(C(F)(F)F)cc2)O[C@@H]1C. The summed E-state index contributed by atoms with van der Waals surface area (Å²) in [6, 6.07) is 4.63. The van der Waals surface area contributed by atoms with Crippen LogP contribution in [0.25, 0.3) is 0 Å². The van der Waals surface area contributed by atoms with Gasteiger partial charge in [-0.15, -0.1) is 0 Å². The van der Waals surface area contributed by atoms with Gasteiger partial charge in [0.2, 0.25) is 0 Å². The zero-order valence-corrected chi connectivity index (χ0v) is 13.9. The van der Waals surface area contributed by atoms with E-state index in [1.807, 2.05) is 0 Å². The highest BCUT2D eigenvalue weighted by Crippen LogP contribution is 2.38. The predicted molar refractivity (Wildman–Crippen MR) is 84.0 cm³/mol. The second-order valence-electron chi connectivity index (χ2n) is 6.36. The Labute approximate surface area is 143 Å². The number of carboxylic acid groups (broad SMARTS) is 1. The number of hydrogen-bond acceptors (Lipinski definition) is 3. The van der Waals surface area contributed by atoms with E-state index in [0.717, 1.165) is 12.1 Å². The van der Waals surface area contributed by atoms with Crippen molar-refractivity contribution in [2.45, 2.75) is 45.1 Å². The van der Waals surface area contributed by atoms with Gasteiger partial charge in [-0.25, -0.2) is 0 Å². The topological polar surface area (TPSA) is 63.6 Å². The maximum Gasteiger partial charge on any atom is 0.416 e. The van der Waals surface area contributed by atoms with E-state index in [9.17, 15) is 27.9 Å². The molecular formula is C18H19F3O4. The van der Waals surface area contributed by atoms with Crippen LogP contribution in [0.1, 0.15) is 31.4 Å². The van der Waals surface area contributed by atoms with Gasteiger partial charge in [-0.1, -0.05) is 18.7 Å². The maximum absolute atomic E-state index is 12.6. The molecule has 1 N–H and O–H groups in total. The van der Waals surface area contributed by atoms with Crippen molar-refractivity contribution >= 4 is 11.8 Å². The zero-order valence-electron chi connectivity index (χ0n) is 13.9. The molecule has 1 saturated heterocycles. The maximum atomic E-state index is 12.6. The van der Waals surface area contributed by atoms with Crippen molar-refractivity contribution in [2.24, 2.45) is 5.41 Å². The van der Waals surface area contributed by atoms with Crippen molar-refractivity contribution in [2.75, 3.05) is 0 Å². The lowest BCUT2D eigenvalue weighted by Gasteiger charge is -2.40. The summed E-state index contributed by atoms with van der Waals surface area (Å²) in [4.78, 5) is 24.0. The van der Waals surface area contributed by atoms with Crippen LogP contribution in [0.3, 0.4) is 0 Å². The van der Waals surface area contributed by atoms with Gasteiger partial charge in [0, 0.05) is 5.57 Å². The largest absolute Gasteiger partial charge is 0.480 e. The number of rotatable bonds is 4. The third-order valence-electron chi connectivity index (χ3n) is 4.69. The van der Waals surface area contributed by atoms with E-state index in [1.54, 1.807) is 6.92 Å². The molecule has 1 aromatic rings. The predicted octanol–water partition coefficient (Wildman–Crippen LogP) is 3.64. The van der Waals surface area contributed by atoms with E-state index in [-0.39, 0.29) is 18.4 Å². The van der Waals surface area contributed by atoms with E-state index < -0.39 is 41.1 Å². The average Bonchev–Trinajstić information content (AvgIpc) is 2.54. The van der Waals surface area contributed by atoms with Gasteiger partial charge in [-0.3, -0.25) is 9.59 Å². The van der Waals surface area contributed by atoms with Crippen molar-refractivity contribution < 1.29 is 32.6 Å². The number of halogens is 3. The van der Waals surface area contributed by atoms with Crippen LogP contribution in [0, 0.1) is 5.41 Å².